The molecule has 28 heavy (non-hydrogen) atoms. The van der Waals surface area contributed by atoms with E-state index in [9.17, 15) is 9.59 Å². The highest BCUT2D eigenvalue weighted by Gasteiger charge is 2.23. The molecule has 0 atom stereocenters. The Hall–Kier alpha value is -2.99. The Kier molecular flexibility index (Phi) is 5.21. The first-order chi connectivity index (χ1) is 13.6. The summed E-state index contributed by atoms with van der Waals surface area (Å²) in [5.74, 6) is 0.719. The van der Waals surface area contributed by atoms with Crippen LogP contribution in [0.2, 0.25) is 5.02 Å². The highest BCUT2D eigenvalue weighted by Crippen LogP contribution is 2.38. The fraction of sp³-hybridized carbons (Fsp3) is 0.238. The Morgan fingerprint density at radius 2 is 1.82 bits per heavy atom. The van der Waals surface area contributed by atoms with Gasteiger partial charge in [-0.25, -0.2) is 0 Å². The minimum Gasteiger partial charge on any atom is -0.486 e. The smallest absolute Gasteiger partial charge is 0.251 e. The van der Waals surface area contributed by atoms with E-state index >= 15 is 0 Å². The Bertz CT molecular complexity index is 936. The number of nitrogens with one attached hydrogen (secondary N) is 2. The number of benzene rings is 2. The maximum atomic E-state index is 12.2. The van der Waals surface area contributed by atoms with Gasteiger partial charge in [-0.1, -0.05) is 11.6 Å². The van der Waals surface area contributed by atoms with Gasteiger partial charge in [-0.05, 0) is 60.9 Å². The van der Waals surface area contributed by atoms with E-state index in [1.807, 2.05) is 0 Å². The first-order valence-corrected chi connectivity index (χ1v) is 9.45. The van der Waals surface area contributed by atoms with Gasteiger partial charge in [0.15, 0.2) is 11.5 Å². The number of amides is 2. The van der Waals surface area contributed by atoms with E-state index in [2.05, 4.69) is 10.6 Å². The molecule has 0 radical (unpaired) electrons. The summed E-state index contributed by atoms with van der Waals surface area (Å²) >= 11 is 6.20. The number of carbonyl (C=O) groups excluding carboxylic acids is 2. The lowest BCUT2D eigenvalue weighted by atomic mass is 10.1. The van der Waals surface area contributed by atoms with E-state index in [1.165, 1.54) is 6.08 Å². The van der Waals surface area contributed by atoms with E-state index in [4.69, 9.17) is 21.1 Å². The van der Waals surface area contributed by atoms with Crippen LogP contribution in [0.25, 0.3) is 6.08 Å². The molecule has 2 N–H and O–H groups in total. The minimum absolute atomic E-state index is 0.0873. The molecular weight excluding hydrogens is 380 g/mol. The third-order valence-electron chi connectivity index (χ3n) is 4.37. The lowest BCUT2D eigenvalue weighted by Gasteiger charge is -2.19. The molecule has 2 amide bonds. The quantitative estimate of drug-likeness (QED) is 0.753. The summed E-state index contributed by atoms with van der Waals surface area (Å²) in [6.07, 6.45) is 5.15. The number of fused-ring (bicyclic) bond motifs is 1. The van der Waals surface area contributed by atoms with Crippen molar-refractivity contribution < 1.29 is 19.1 Å². The number of carbonyl (C=O) groups is 2. The minimum atomic E-state index is -0.291. The molecule has 1 aliphatic heterocycles. The van der Waals surface area contributed by atoms with Gasteiger partial charge >= 0.3 is 0 Å². The highest BCUT2D eigenvalue weighted by molar-refractivity contribution is 6.32. The second-order valence-corrected chi connectivity index (χ2v) is 7.08. The second-order valence-electron chi connectivity index (χ2n) is 6.67. The molecule has 1 saturated carbocycles. The van der Waals surface area contributed by atoms with Gasteiger partial charge in [0.25, 0.3) is 5.91 Å². The first-order valence-electron chi connectivity index (χ1n) is 9.07. The third kappa shape index (κ3) is 4.46. The second kappa shape index (κ2) is 7.94. The van der Waals surface area contributed by atoms with E-state index < -0.39 is 0 Å². The molecule has 0 saturated heterocycles. The molecule has 2 aromatic rings. The van der Waals surface area contributed by atoms with E-state index in [0.717, 1.165) is 18.4 Å². The van der Waals surface area contributed by atoms with Gasteiger partial charge in [0.05, 0.1) is 5.02 Å². The largest absolute Gasteiger partial charge is 0.486 e. The molecule has 6 nitrogen and oxygen atoms in total. The number of rotatable bonds is 5. The molecule has 1 heterocycles. The van der Waals surface area contributed by atoms with Crippen LogP contribution in [-0.4, -0.2) is 31.1 Å². The first kappa shape index (κ1) is 18.4. The van der Waals surface area contributed by atoms with Crippen molar-refractivity contribution in [2.45, 2.75) is 18.9 Å². The molecule has 7 heteroatoms. The number of anilines is 1. The maximum absolute atomic E-state index is 12.2. The molecule has 0 spiro atoms. The van der Waals surface area contributed by atoms with Crippen LogP contribution in [0.3, 0.4) is 0 Å². The zero-order valence-electron chi connectivity index (χ0n) is 15.0. The molecule has 0 bridgehead atoms. The summed E-state index contributed by atoms with van der Waals surface area (Å²) in [5.41, 5.74) is 1.92. The van der Waals surface area contributed by atoms with Crippen LogP contribution in [0, 0.1) is 0 Å². The predicted molar refractivity (Wildman–Crippen MR) is 107 cm³/mol. The molecule has 2 aromatic carbocycles. The standard InChI is InChI=1S/C21H19ClN2O4/c22-17-11-13(12-18-20(17)28-10-9-27-18)1-8-19(25)23-15-4-2-14(3-5-15)21(26)24-16-6-7-16/h1-5,8,11-12,16H,6-7,9-10H2,(H,23,25)(H,24,26)/b8-1+. The van der Waals surface area contributed by atoms with Crippen LogP contribution in [0.4, 0.5) is 5.69 Å². The highest BCUT2D eigenvalue weighted by atomic mass is 35.5. The average Bonchev–Trinajstić information content (AvgIpc) is 3.51. The van der Waals surface area contributed by atoms with Crippen molar-refractivity contribution in [1.29, 1.82) is 0 Å². The number of ether oxygens (including phenoxy) is 2. The predicted octanol–water partition coefficient (Wildman–Crippen LogP) is 3.66. The van der Waals surface area contributed by atoms with Gasteiger partial charge in [0.1, 0.15) is 13.2 Å². The van der Waals surface area contributed by atoms with Crippen molar-refractivity contribution in [3.63, 3.8) is 0 Å². The lowest BCUT2D eigenvalue weighted by molar-refractivity contribution is -0.111. The molecule has 1 aliphatic carbocycles. The van der Waals surface area contributed by atoms with E-state index in [-0.39, 0.29) is 11.8 Å². The molecule has 0 unspecified atom stereocenters. The Labute approximate surface area is 167 Å². The van der Waals surface area contributed by atoms with Crippen LogP contribution < -0.4 is 20.1 Å². The fourth-order valence-electron chi connectivity index (χ4n) is 2.78. The van der Waals surface area contributed by atoms with Gasteiger partial charge in [0, 0.05) is 23.4 Å². The lowest BCUT2D eigenvalue weighted by Crippen LogP contribution is -2.25. The van der Waals surface area contributed by atoms with Crippen molar-refractivity contribution in [3.05, 3.63) is 58.6 Å². The van der Waals surface area contributed by atoms with Crippen molar-refractivity contribution in [2.24, 2.45) is 0 Å². The van der Waals surface area contributed by atoms with Gasteiger partial charge in [-0.3, -0.25) is 9.59 Å². The Morgan fingerprint density at radius 1 is 1.07 bits per heavy atom. The summed E-state index contributed by atoms with van der Waals surface area (Å²) in [4.78, 5) is 24.1. The fourth-order valence-corrected chi connectivity index (χ4v) is 3.06. The molecule has 4 rings (SSSR count). The number of hydrogen-bond donors (Lipinski definition) is 2. The monoisotopic (exact) mass is 398 g/mol. The van der Waals surface area contributed by atoms with Crippen LogP contribution in [0.1, 0.15) is 28.8 Å². The molecule has 2 aliphatic rings. The zero-order valence-corrected chi connectivity index (χ0v) is 15.8. The van der Waals surface area contributed by atoms with Crippen molar-refractivity contribution >= 4 is 35.2 Å². The van der Waals surface area contributed by atoms with Gasteiger partial charge in [-0.2, -0.15) is 0 Å². The molecule has 1 fully saturated rings. The number of hydrogen-bond acceptors (Lipinski definition) is 4. The van der Waals surface area contributed by atoms with Crippen molar-refractivity contribution in [2.75, 3.05) is 18.5 Å². The van der Waals surface area contributed by atoms with Gasteiger partial charge < -0.3 is 20.1 Å². The van der Waals surface area contributed by atoms with Crippen molar-refractivity contribution in [1.82, 2.24) is 5.32 Å². The maximum Gasteiger partial charge on any atom is 0.251 e. The Morgan fingerprint density at radius 3 is 2.57 bits per heavy atom. The summed E-state index contributed by atoms with van der Waals surface area (Å²) in [6, 6.07) is 10.6. The zero-order chi connectivity index (χ0) is 19.5. The average molecular weight is 399 g/mol. The normalized spacial score (nSPS) is 15.3. The summed E-state index contributed by atoms with van der Waals surface area (Å²) in [5, 5.41) is 6.13. The Balaban J connectivity index is 1.37. The summed E-state index contributed by atoms with van der Waals surface area (Å²) in [7, 11) is 0. The third-order valence-corrected chi connectivity index (χ3v) is 4.65. The molecular formula is C21H19ClN2O4. The summed E-state index contributed by atoms with van der Waals surface area (Å²) in [6.45, 7) is 0.928. The van der Waals surface area contributed by atoms with Crippen LogP contribution in [0.15, 0.2) is 42.5 Å². The van der Waals surface area contributed by atoms with Gasteiger partial charge in [-0.15, -0.1) is 0 Å². The van der Waals surface area contributed by atoms with E-state index in [0.29, 0.717) is 47.0 Å². The molecule has 144 valence electrons. The van der Waals surface area contributed by atoms with Crippen LogP contribution in [-0.2, 0) is 4.79 Å². The number of halogens is 1. The molecule has 0 aromatic heterocycles. The van der Waals surface area contributed by atoms with E-state index in [1.54, 1.807) is 42.5 Å². The van der Waals surface area contributed by atoms with Crippen LogP contribution in [0.5, 0.6) is 11.5 Å². The van der Waals surface area contributed by atoms with Crippen LogP contribution >= 0.6 is 11.6 Å². The van der Waals surface area contributed by atoms with Crippen molar-refractivity contribution in [3.8, 4) is 11.5 Å². The topological polar surface area (TPSA) is 76.7 Å². The summed E-state index contributed by atoms with van der Waals surface area (Å²) < 4.78 is 11.0. The van der Waals surface area contributed by atoms with Gasteiger partial charge in [0.2, 0.25) is 5.91 Å². The SMILES string of the molecule is O=C(/C=C/c1cc(Cl)c2c(c1)OCCO2)Nc1ccc(C(=O)NC2CC2)cc1.